The Morgan fingerprint density at radius 1 is 1.05 bits per heavy atom. The average molecular weight is 318 g/mol. The second-order valence-corrected chi connectivity index (χ2v) is 5.25. The number of benzene rings is 2. The molecule has 0 radical (unpaired) electrons. The zero-order valence-corrected chi connectivity index (χ0v) is 12.2. The normalized spacial score (nSPS) is 16.0. The second kappa shape index (κ2) is 5.72. The molecule has 2 aromatic carbocycles. The summed E-state index contributed by atoms with van der Waals surface area (Å²) in [6.45, 7) is 0. The van der Waals surface area contributed by atoms with Crippen LogP contribution in [0.4, 0.5) is 0 Å². The van der Waals surface area contributed by atoms with Gasteiger partial charge in [-0.2, -0.15) is 0 Å². The lowest BCUT2D eigenvalue weighted by Crippen LogP contribution is -2.06. The van der Waals surface area contributed by atoms with Crippen LogP contribution >= 0.6 is 23.2 Å². The van der Waals surface area contributed by atoms with Gasteiger partial charge in [0.2, 0.25) is 0 Å². The van der Waals surface area contributed by atoms with Gasteiger partial charge in [0.15, 0.2) is 0 Å². The molecule has 0 amide bonds. The van der Waals surface area contributed by atoms with Crippen molar-refractivity contribution in [2.24, 2.45) is 5.16 Å². The molecule has 0 aliphatic carbocycles. The number of hydrogen-bond donors (Lipinski definition) is 0. The SMILES string of the molecule is O=C1ON=C(c2ccccc2)/C1=C/c1ccc(Cl)cc1Cl. The number of oxime groups is 1. The van der Waals surface area contributed by atoms with Crippen LogP contribution in [-0.4, -0.2) is 11.7 Å². The molecule has 0 N–H and O–H groups in total. The Balaban J connectivity index is 2.05. The van der Waals surface area contributed by atoms with E-state index in [9.17, 15) is 4.79 Å². The van der Waals surface area contributed by atoms with E-state index in [0.717, 1.165) is 5.56 Å². The molecule has 1 aliphatic heterocycles. The van der Waals surface area contributed by atoms with Crippen molar-refractivity contribution in [1.29, 1.82) is 0 Å². The fourth-order valence-electron chi connectivity index (χ4n) is 1.99. The van der Waals surface area contributed by atoms with E-state index in [4.69, 9.17) is 28.0 Å². The molecule has 0 bridgehead atoms. The minimum absolute atomic E-state index is 0.366. The molecule has 3 nitrogen and oxygen atoms in total. The van der Waals surface area contributed by atoms with Gasteiger partial charge in [-0.3, -0.25) is 0 Å². The summed E-state index contributed by atoms with van der Waals surface area (Å²) in [7, 11) is 0. The van der Waals surface area contributed by atoms with Gasteiger partial charge in [-0.15, -0.1) is 0 Å². The third-order valence-corrected chi connectivity index (χ3v) is 3.57. The van der Waals surface area contributed by atoms with Crippen LogP contribution in [0.3, 0.4) is 0 Å². The number of halogens is 2. The second-order valence-electron chi connectivity index (χ2n) is 4.41. The summed E-state index contributed by atoms with van der Waals surface area (Å²) < 4.78 is 0. The summed E-state index contributed by atoms with van der Waals surface area (Å²) in [4.78, 5) is 16.6. The monoisotopic (exact) mass is 317 g/mol. The third kappa shape index (κ3) is 2.84. The average Bonchev–Trinajstić information content (AvgIpc) is 2.84. The van der Waals surface area contributed by atoms with Crippen molar-refractivity contribution in [2.45, 2.75) is 0 Å². The summed E-state index contributed by atoms with van der Waals surface area (Å²) in [6.07, 6.45) is 1.65. The Hall–Kier alpha value is -2.10. The summed E-state index contributed by atoms with van der Waals surface area (Å²) in [5.41, 5.74) is 2.34. The molecule has 0 unspecified atom stereocenters. The first-order chi connectivity index (χ1) is 10.1. The van der Waals surface area contributed by atoms with Gasteiger partial charge in [-0.25, -0.2) is 4.79 Å². The van der Waals surface area contributed by atoms with E-state index in [1.165, 1.54) is 0 Å². The summed E-state index contributed by atoms with van der Waals surface area (Å²) in [5, 5.41) is 4.84. The van der Waals surface area contributed by atoms with Crippen LogP contribution in [-0.2, 0) is 9.63 Å². The van der Waals surface area contributed by atoms with Crippen molar-refractivity contribution < 1.29 is 9.63 Å². The highest BCUT2D eigenvalue weighted by molar-refractivity contribution is 6.36. The molecule has 3 rings (SSSR count). The molecular formula is C16H9Cl2NO2. The lowest BCUT2D eigenvalue weighted by atomic mass is 10.0. The molecule has 104 valence electrons. The van der Waals surface area contributed by atoms with Crippen molar-refractivity contribution in [1.82, 2.24) is 0 Å². The Morgan fingerprint density at radius 3 is 2.52 bits per heavy atom. The summed E-state index contributed by atoms with van der Waals surface area (Å²) >= 11 is 12.0. The Labute approximate surface area is 131 Å². The topological polar surface area (TPSA) is 38.7 Å². The molecule has 1 heterocycles. The van der Waals surface area contributed by atoms with Crippen LogP contribution in [0.2, 0.25) is 10.0 Å². The van der Waals surface area contributed by atoms with Gasteiger partial charge in [-0.1, -0.05) is 64.8 Å². The van der Waals surface area contributed by atoms with E-state index in [1.54, 1.807) is 24.3 Å². The van der Waals surface area contributed by atoms with E-state index >= 15 is 0 Å². The Bertz CT molecular complexity index is 767. The maximum absolute atomic E-state index is 11.9. The van der Waals surface area contributed by atoms with Crippen molar-refractivity contribution in [3.8, 4) is 0 Å². The molecule has 5 heteroatoms. The highest BCUT2D eigenvalue weighted by Crippen LogP contribution is 2.26. The first kappa shape index (κ1) is 13.9. The molecule has 21 heavy (non-hydrogen) atoms. The quantitative estimate of drug-likeness (QED) is 0.610. The van der Waals surface area contributed by atoms with Crippen molar-refractivity contribution in [2.75, 3.05) is 0 Å². The van der Waals surface area contributed by atoms with Crippen molar-refractivity contribution >= 4 is 41.0 Å². The summed E-state index contributed by atoms with van der Waals surface area (Å²) in [6, 6.07) is 14.4. The van der Waals surface area contributed by atoms with Crippen LogP contribution < -0.4 is 0 Å². The van der Waals surface area contributed by atoms with Gasteiger partial charge in [0, 0.05) is 15.6 Å². The maximum Gasteiger partial charge on any atom is 0.368 e. The minimum Gasteiger partial charge on any atom is -0.312 e. The van der Waals surface area contributed by atoms with Gasteiger partial charge in [0.25, 0.3) is 0 Å². The van der Waals surface area contributed by atoms with Crippen LogP contribution in [0, 0.1) is 0 Å². The molecule has 0 spiro atoms. The molecule has 0 aromatic heterocycles. The van der Waals surface area contributed by atoms with Crippen molar-refractivity contribution in [3.05, 3.63) is 75.3 Å². The molecule has 0 saturated heterocycles. The predicted molar refractivity (Wildman–Crippen MR) is 83.5 cm³/mol. The lowest BCUT2D eigenvalue weighted by Gasteiger charge is -2.02. The standard InChI is InChI=1S/C16H9Cl2NO2/c17-12-7-6-11(14(18)9-12)8-13-15(19-21-16(13)20)10-4-2-1-3-5-10/h1-9H/b13-8-. The minimum atomic E-state index is -0.500. The molecule has 0 atom stereocenters. The van der Waals surface area contributed by atoms with E-state index in [0.29, 0.717) is 26.9 Å². The van der Waals surface area contributed by atoms with Gasteiger partial charge in [0.1, 0.15) is 5.71 Å². The zero-order chi connectivity index (χ0) is 14.8. The van der Waals surface area contributed by atoms with Gasteiger partial charge in [-0.05, 0) is 23.8 Å². The van der Waals surface area contributed by atoms with Crippen molar-refractivity contribution in [3.63, 3.8) is 0 Å². The highest BCUT2D eigenvalue weighted by Gasteiger charge is 2.26. The van der Waals surface area contributed by atoms with Crippen LogP contribution in [0.15, 0.2) is 59.3 Å². The smallest absolute Gasteiger partial charge is 0.312 e. The number of rotatable bonds is 2. The molecular weight excluding hydrogens is 309 g/mol. The Morgan fingerprint density at radius 2 is 1.81 bits per heavy atom. The Kier molecular flexibility index (Phi) is 3.78. The number of carbonyl (C=O) groups is 1. The van der Waals surface area contributed by atoms with E-state index in [-0.39, 0.29) is 0 Å². The molecule has 2 aromatic rings. The van der Waals surface area contributed by atoms with Crippen LogP contribution in [0.25, 0.3) is 6.08 Å². The third-order valence-electron chi connectivity index (χ3n) is 3.00. The molecule has 0 saturated carbocycles. The largest absolute Gasteiger partial charge is 0.368 e. The van der Waals surface area contributed by atoms with Crippen LogP contribution in [0.5, 0.6) is 0 Å². The van der Waals surface area contributed by atoms with Gasteiger partial charge < -0.3 is 4.84 Å². The highest BCUT2D eigenvalue weighted by atomic mass is 35.5. The van der Waals surface area contributed by atoms with E-state index in [2.05, 4.69) is 5.16 Å². The zero-order valence-electron chi connectivity index (χ0n) is 10.7. The molecule has 1 aliphatic rings. The van der Waals surface area contributed by atoms with Gasteiger partial charge in [0.05, 0.1) is 5.57 Å². The predicted octanol–water partition coefficient (Wildman–Crippen LogP) is 4.34. The van der Waals surface area contributed by atoms with E-state index < -0.39 is 5.97 Å². The van der Waals surface area contributed by atoms with Crippen LogP contribution in [0.1, 0.15) is 11.1 Å². The fourth-order valence-corrected chi connectivity index (χ4v) is 2.45. The maximum atomic E-state index is 11.9. The number of nitrogens with zero attached hydrogens (tertiary/aromatic N) is 1. The molecule has 0 fully saturated rings. The first-order valence-corrected chi connectivity index (χ1v) is 6.92. The number of carbonyl (C=O) groups excluding carboxylic acids is 1. The number of hydrogen-bond acceptors (Lipinski definition) is 3. The van der Waals surface area contributed by atoms with E-state index in [1.807, 2.05) is 30.3 Å². The first-order valence-electron chi connectivity index (χ1n) is 6.17. The van der Waals surface area contributed by atoms with Gasteiger partial charge >= 0.3 is 5.97 Å². The fraction of sp³-hybridized carbons (Fsp3) is 0. The lowest BCUT2D eigenvalue weighted by molar-refractivity contribution is -0.136. The summed E-state index contributed by atoms with van der Waals surface area (Å²) in [5.74, 6) is -0.500.